The third-order valence-electron chi connectivity index (χ3n) is 2.67. The maximum atomic E-state index is 11.9. The molecule has 2 heterocycles. The Bertz CT molecular complexity index is 619. The standard InChI is InChI=1S/C13H15N3O2S/c1-8(5-10-3-4-19-7-10)15-12(17)11-6-14-9(2)16-13(11)18/h3-4,6-8H,5H2,1-2H3,(H,15,17)(H,14,16,18). The fraction of sp³-hybridized carbons (Fsp3) is 0.308. The van der Waals surface area contributed by atoms with Crippen LogP contribution in [0.15, 0.2) is 27.8 Å². The fourth-order valence-corrected chi connectivity index (χ4v) is 2.44. The Labute approximate surface area is 114 Å². The van der Waals surface area contributed by atoms with Gasteiger partial charge in [-0.2, -0.15) is 11.3 Å². The van der Waals surface area contributed by atoms with Gasteiger partial charge in [0.15, 0.2) is 0 Å². The molecule has 0 aromatic carbocycles. The minimum atomic E-state index is -0.410. The second-order valence-corrected chi connectivity index (χ2v) is 5.20. The molecule has 0 bridgehead atoms. The van der Waals surface area contributed by atoms with Gasteiger partial charge in [0, 0.05) is 12.2 Å². The van der Waals surface area contributed by atoms with Gasteiger partial charge in [-0.05, 0) is 42.7 Å². The second kappa shape index (κ2) is 5.79. The number of nitrogens with one attached hydrogen (secondary N) is 2. The fourth-order valence-electron chi connectivity index (χ4n) is 1.76. The van der Waals surface area contributed by atoms with E-state index in [1.807, 2.05) is 23.8 Å². The van der Waals surface area contributed by atoms with Crippen molar-refractivity contribution in [1.82, 2.24) is 15.3 Å². The predicted octanol–water partition coefficient (Wildman–Crippen LogP) is 1.50. The van der Waals surface area contributed by atoms with E-state index >= 15 is 0 Å². The monoisotopic (exact) mass is 277 g/mol. The molecule has 1 unspecified atom stereocenters. The summed E-state index contributed by atoms with van der Waals surface area (Å²) in [5, 5.41) is 6.84. The van der Waals surface area contributed by atoms with Crippen LogP contribution in [0.5, 0.6) is 0 Å². The average molecular weight is 277 g/mol. The quantitative estimate of drug-likeness (QED) is 0.889. The number of rotatable bonds is 4. The van der Waals surface area contributed by atoms with Crippen LogP contribution in [0.1, 0.15) is 28.7 Å². The van der Waals surface area contributed by atoms with Gasteiger partial charge in [0.05, 0.1) is 0 Å². The summed E-state index contributed by atoms with van der Waals surface area (Å²) >= 11 is 1.62. The zero-order chi connectivity index (χ0) is 13.8. The van der Waals surface area contributed by atoms with Crippen LogP contribution in [-0.2, 0) is 6.42 Å². The van der Waals surface area contributed by atoms with Crippen molar-refractivity contribution in [2.45, 2.75) is 26.3 Å². The molecule has 0 spiro atoms. The number of aromatic nitrogens is 2. The molecule has 100 valence electrons. The summed E-state index contributed by atoms with van der Waals surface area (Å²) in [7, 11) is 0. The molecule has 2 rings (SSSR count). The smallest absolute Gasteiger partial charge is 0.263 e. The molecule has 0 saturated carbocycles. The first-order chi connectivity index (χ1) is 9.06. The molecule has 0 saturated heterocycles. The van der Waals surface area contributed by atoms with E-state index in [4.69, 9.17) is 0 Å². The normalized spacial score (nSPS) is 12.1. The number of hydrogen-bond donors (Lipinski definition) is 2. The Morgan fingerprint density at radius 3 is 3.00 bits per heavy atom. The molecule has 19 heavy (non-hydrogen) atoms. The highest BCUT2D eigenvalue weighted by Crippen LogP contribution is 2.08. The lowest BCUT2D eigenvalue weighted by molar-refractivity contribution is 0.0938. The van der Waals surface area contributed by atoms with Gasteiger partial charge in [0.25, 0.3) is 11.5 Å². The van der Waals surface area contributed by atoms with Gasteiger partial charge in [-0.3, -0.25) is 9.59 Å². The molecule has 1 amide bonds. The summed E-state index contributed by atoms with van der Waals surface area (Å²) in [5.41, 5.74) is 0.809. The van der Waals surface area contributed by atoms with Crippen molar-refractivity contribution in [2.24, 2.45) is 0 Å². The number of nitrogens with zero attached hydrogens (tertiary/aromatic N) is 1. The number of thiophene rings is 1. The molecule has 0 radical (unpaired) electrons. The van der Waals surface area contributed by atoms with Gasteiger partial charge in [0.2, 0.25) is 0 Å². The van der Waals surface area contributed by atoms with E-state index < -0.39 is 11.5 Å². The van der Waals surface area contributed by atoms with Crippen molar-refractivity contribution < 1.29 is 4.79 Å². The zero-order valence-electron chi connectivity index (χ0n) is 10.8. The summed E-state index contributed by atoms with van der Waals surface area (Å²) in [6, 6.07) is 1.98. The van der Waals surface area contributed by atoms with Gasteiger partial charge in [-0.25, -0.2) is 4.98 Å². The van der Waals surface area contributed by atoms with Crippen LogP contribution < -0.4 is 10.9 Å². The largest absolute Gasteiger partial charge is 0.349 e. The first-order valence-electron chi connectivity index (χ1n) is 5.94. The molecule has 5 nitrogen and oxygen atoms in total. The van der Waals surface area contributed by atoms with Gasteiger partial charge >= 0.3 is 0 Å². The van der Waals surface area contributed by atoms with Crippen molar-refractivity contribution in [2.75, 3.05) is 0 Å². The Morgan fingerprint density at radius 1 is 1.58 bits per heavy atom. The maximum Gasteiger partial charge on any atom is 0.263 e. The highest BCUT2D eigenvalue weighted by Gasteiger charge is 2.14. The van der Waals surface area contributed by atoms with Crippen molar-refractivity contribution >= 4 is 17.2 Å². The van der Waals surface area contributed by atoms with E-state index in [1.54, 1.807) is 18.3 Å². The van der Waals surface area contributed by atoms with E-state index in [1.165, 1.54) is 11.8 Å². The molecule has 6 heteroatoms. The lowest BCUT2D eigenvalue weighted by Gasteiger charge is -2.12. The summed E-state index contributed by atoms with van der Waals surface area (Å²) in [5.74, 6) is 0.101. The Balaban J connectivity index is 2.02. The number of hydrogen-bond acceptors (Lipinski definition) is 4. The van der Waals surface area contributed by atoms with Gasteiger partial charge < -0.3 is 10.3 Å². The number of amides is 1. The lowest BCUT2D eigenvalue weighted by Crippen LogP contribution is -2.37. The van der Waals surface area contributed by atoms with Crippen LogP contribution in [0.3, 0.4) is 0 Å². The molecular weight excluding hydrogens is 262 g/mol. The number of carbonyl (C=O) groups is 1. The van der Waals surface area contributed by atoms with Crippen molar-refractivity contribution in [3.05, 3.63) is 50.3 Å². The molecule has 0 fully saturated rings. The molecule has 0 aliphatic rings. The minimum Gasteiger partial charge on any atom is -0.349 e. The predicted molar refractivity (Wildman–Crippen MR) is 74.5 cm³/mol. The number of aromatic amines is 1. The molecule has 2 aromatic heterocycles. The van der Waals surface area contributed by atoms with E-state index in [0.29, 0.717) is 5.82 Å². The van der Waals surface area contributed by atoms with E-state index in [-0.39, 0.29) is 11.6 Å². The van der Waals surface area contributed by atoms with Crippen molar-refractivity contribution in [3.8, 4) is 0 Å². The highest BCUT2D eigenvalue weighted by molar-refractivity contribution is 7.07. The van der Waals surface area contributed by atoms with E-state index in [0.717, 1.165) is 6.42 Å². The van der Waals surface area contributed by atoms with Crippen LogP contribution in [0.2, 0.25) is 0 Å². The third kappa shape index (κ3) is 3.51. The van der Waals surface area contributed by atoms with Gasteiger partial charge in [-0.15, -0.1) is 0 Å². The molecule has 1 atom stereocenters. The summed E-state index contributed by atoms with van der Waals surface area (Å²) < 4.78 is 0. The van der Waals surface area contributed by atoms with Crippen molar-refractivity contribution in [3.63, 3.8) is 0 Å². The SMILES string of the molecule is Cc1ncc(C(=O)NC(C)Cc2ccsc2)c(=O)[nH]1. The summed E-state index contributed by atoms with van der Waals surface area (Å²) in [4.78, 5) is 30.0. The first kappa shape index (κ1) is 13.5. The number of aryl methyl sites for hydroxylation is 1. The van der Waals surface area contributed by atoms with Gasteiger partial charge in [0.1, 0.15) is 11.4 Å². The minimum absolute atomic E-state index is 0.0391. The first-order valence-corrected chi connectivity index (χ1v) is 6.88. The van der Waals surface area contributed by atoms with Gasteiger partial charge in [-0.1, -0.05) is 0 Å². The Kier molecular flexibility index (Phi) is 4.11. The van der Waals surface area contributed by atoms with Crippen LogP contribution in [0.4, 0.5) is 0 Å². The summed E-state index contributed by atoms with van der Waals surface area (Å²) in [6.07, 6.45) is 2.05. The lowest BCUT2D eigenvalue weighted by atomic mass is 10.1. The highest BCUT2D eigenvalue weighted by atomic mass is 32.1. The maximum absolute atomic E-state index is 11.9. The van der Waals surface area contributed by atoms with Crippen molar-refractivity contribution in [1.29, 1.82) is 0 Å². The molecule has 2 aromatic rings. The van der Waals surface area contributed by atoms with Crippen LogP contribution in [-0.4, -0.2) is 21.9 Å². The number of carbonyl (C=O) groups excluding carboxylic acids is 1. The summed E-state index contributed by atoms with van der Waals surface area (Å²) in [6.45, 7) is 3.58. The average Bonchev–Trinajstić information content (AvgIpc) is 2.81. The third-order valence-corrected chi connectivity index (χ3v) is 3.40. The Hall–Kier alpha value is -1.95. The Morgan fingerprint density at radius 2 is 2.37 bits per heavy atom. The van der Waals surface area contributed by atoms with E-state index in [2.05, 4.69) is 15.3 Å². The molecule has 0 aliphatic heterocycles. The van der Waals surface area contributed by atoms with Crippen LogP contribution >= 0.6 is 11.3 Å². The zero-order valence-corrected chi connectivity index (χ0v) is 11.6. The van der Waals surface area contributed by atoms with Crippen LogP contribution in [0.25, 0.3) is 0 Å². The number of H-pyrrole nitrogens is 1. The second-order valence-electron chi connectivity index (χ2n) is 4.42. The molecule has 2 N–H and O–H groups in total. The van der Waals surface area contributed by atoms with Crippen LogP contribution in [0, 0.1) is 6.92 Å². The van der Waals surface area contributed by atoms with E-state index in [9.17, 15) is 9.59 Å². The topological polar surface area (TPSA) is 74.8 Å². The molecule has 0 aliphatic carbocycles. The molecular formula is C13H15N3O2S.